The standard InChI is InChI=1S/C18H14Cl2N4O4S/c19-12-2-7-16(15(20)10-12)28-11-17(25)23-13-3-5-14(6-4-13)29(26,27)24-18-21-8-1-9-22-18/h1-10H,11H2,(H,23,25)(H,21,22,24). The van der Waals surface area contributed by atoms with Gasteiger partial charge in [-0.05, 0) is 48.5 Å². The quantitative estimate of drug-likeness (QED) is 0.566. The van der Waals surface area contributed by atoms with Crippen molar-refractivity contribution in [2.45, 2.75) is 4.90 Å². The smallest absolute Gasteiger partial charge is 0.264 e. The summed E-state index contributed by atoms with van der Waals surface area (Å²) in [7, 11) is -3.85. The van der Waals surface area contributed by atoms with Crippen molar-refractivity contribution in [2.24, 2.45) is 0 Å². The monoisotopic (exact) mass is 452 g/mol. The minimum absolute atomic E-state index is 0.00727. The molecular weight excluding hydrogens is 439 g/mol. The lowest BCUT2D eigenvalue weighted by Crippen LogP contribution is -2.20. The molecular formula is C18H14Cl2N4O4S. The van der Waals surface area contributed by atoms with E-state index in [0.717, 1.165) is 0 Å². The molecule has 8 nitrogen and oxygen atoms in total. The number of nitrogens with one attached hydrogen (secondary N) is 2. The number of nitrogens with zero attached hydrogens (tertiary/aromatic N) is 2. The van der Waals surface area contributed by atoms with Crippen molar-refractivity contribution in [2.75, 3.05) is 16.6 Å². The molecule has 0 aliphatic rings. The van der Waals surface area contributed by atoms with Gasteiger partial charge in [0.25, 0.3) is 15.9 Å². The number of rotatable bonds is 7. The van der Waals surface area contributed by atoms with E-state index in [1.165, 1.54) is 42.7 Å². The number of amides is 1. The van der Waals surface area contributed by atoms with Gasteiger partial charge in [-0.1, -0.05) is 23.2 Å². The molecule has 0 aliphatic heterocycles. The van der Waals surface area contributed by atoms with Crippen LogP contribution in [0.5, 0.6) is 5.75 Å². The van der Waals surface area contributed by atoms with Crippen molar-refractivity contribution in [3.63, 3.8) is 0 Å². The fourth-order valence-electron chi connectivity index (χ4n) is 2.18. The van der Waals surface area contributed by atoms with Gasteiger partial charge < -0.3 is 10.1 Å². The highest BCUT2D eigenvalue weighted by atomic mass is 35.5. The van der Waals surface area contributed by atoms with Crippen molar-refractivity contribution >= 4 is 50.8 Å². The molecule has 3 aromatic rings. The Morgan fingerprint density at radius 1 is 1.03 bits per heavy atom. The molecule has 0 radical (unpaired) electrons. The maximum absolute atomic E-state index is 12.3. The minimum atomic E-state index is -3.85. The van der Waals surface area contributed by atoms with E-state index in [4.69, 9.17) is 27.9 Å². The summed E-state index contributed by atoms with van der Waals surface area (Å²) < 4.78 is 32.3. The molecule has 2 N–H and O–H groups in total. The van der Waals surface area contributed by atoms with Crippen molar-refractivity contribution in [3.8, 4) is 5.75 Å². The first-order valence-electron chi connectivity index (χ1n) is 8.11. The maximum atomic E-state index is 12.3. The summed E-state index contributed by atoms with van der Waals surface area (Å²) in [6.45, 7) is -0.283. The Labute approximate surface area is 176 Å². The summed E-state index contributed by atoms with van der Waals surface area (Å²) in [5.74, 6) is -0.160. The zero-order chi connectivity index (χ0) is 20.9. The fourth-order valence-corrected chi connectivity index (χ4v) is 3.60. The molecule has 0 spiro atoms. The predicted molar refractivity (Wildman–Crippen MR) is 110 cm³/mol. The number of hydrogen-bond acceptors (Lipinski definition) is 6. The van der Waals surface area contributed by atoms with Crippen LogP contribution in [0.15, 0.2) is 65.8 Å². The lowest BCUT2D eigenvalue weighted by molar-refractivity contribution is -0.118. The molecule has 0 saturated carbocycles. The van der Waals surface area contributed by atoms with Crippen molar-refractivity contribution in [3.05, 3.63) is 71.0 Å². The molecule has 0 aliphatic carbocycles. The zero-order valence-corrected chi connectivity index (χ0v) is 17.0. The second kappa shape index (κ2) is 9.08. The van der Waals surface area contributed by atoms with Crippen LogP contribution < -0.4 is 14.8 Å². The first kappa shape index (κ1) is 20.8. The van der Waals surface area contributed by atoms with Crippen LogP contribution in [0.25, 0.3) is 0 Å². The third-order valence-corrected chi connectivity index (χ3v) is 5.37. The van der Waals surface area contributed by atoms with E-state index in [1.54, 1.807) is 18.2 Å². The summed E-state index contributed by atoms with van der Waals surface area (Å²) in [4.78, 5) is 19.7. The number of aromatic nitrogens is 2. The molecule has 0 atom stereocenters. The topological polar surface area (TPSA) is 110 Å². The van der Waals surface area contributed by atoms with Crippen molar-refractivity contribution in [1.29, 1.82) is 0 Å². The Bertz CT molecular complexity index is 1110. The average Bonchev–Trinajstić information content (AvgIpc) is 2.68. The van der Waals surface area contributed by atoms with Crippen LogP contribution in [0.4, 0.5) is 11.6 Å². The van der Waals surface area contributed by atoms with Gasteiger partial charge in [0.1, 0.15) is 5.75 Å². The van der Waals surface area contributed by atoms with E-state index in [9.17, 15) is 13.2 Å². The van der Waals surface area contributed by atoms with Crippen LogP contribution in [0.2, 0.25) is 10.0 Å². The summed E-state index contributed by atoms with van der Waals surface area (Å²) >= 11 is 11.8. The Hall–Kier alpha value is -2.88. The lowest BCUT2D eigenvalue weighted by Gasteiger charge is -2.10. The predicted octanol–water partition coefficient (Wildman–Crippen LogP) is 3.60. The Balaban J connectivity index is 1.59. The fraction of sp³-hybridized carbons (Fsp3) is 0.0556. The third kappa shape index (κ3) is 5.80. The molecule has 1 aromatic heterocycles. The molecule has 0 bridgehead atoms. The van der Waals surface area contributed by atoms with Crippen LogP contribution in [-0.4, -0.2) is 30.9 Å². The van der Waals surface area contributed by atoms with E-state index in [-0.39, 0.29) is 22.5 Å². The third-order valence-electron chi connectivity index (χ3n) is 3.49. The molecule has 1 heterocycles. The highest BCUT2D eigenvalue weighted by molar-refractivity contribution is 7.92. The van der Waals surface area contributed by atoms with Crippen LogP contribution in [0, 0.1) is 0 Å². The summed E-state index contributed by atoms with van der Waals surface area (Å²) in [5, 5.41) is 3.34. The molecule has 150 valence electrons. The highest BCUT2D eigenvalue weighted by Crippen LogP contribution is 2.27. The van der Waals surface area contributed by atoms with E-state index in [0.29, 0.717) is 16.5 Å². The van der Waals surface area contributed by atoms with Crippen LogP contribution in [0.3, 0.4) is 0 Å². The molecule has 0 unspecified atom stereocenters. The van der Waals surface area contributed by atoms with Gasteiger partial charge >= 0.3 is 0 Å². The van der Waals surface area contributed by atoms with Gasteiger partial charge in [-0.25, -0.2) is 23.1 Å². The van der Waals surface area contributed by atoms with Crippen LogP contribution in [-0.2, 0) is 14.8 Å². The second-order valence-corrected chi connectivity index (χ2v) is 8.14. The van der Waals surface area contributed by atoms with E-state index in [1.807, 2.05) is 0 Å². The van der Waals surface area contributed by atoms with Crippen molar-refractivity contribution in [1.82, 2.24) is 9.97 Å². The number of hydrogen-bond donors (Lipinski definition) is 2. The number of sulfonamides is 1. The van der Waals surface area contributed by atoms with E-state index >= 15 is 0 Å². The molecule has 29 heavy (non-hydrogen) atoms. The molecule has 1 amide bonds. The Morgan fingerprint density at radius 2 is 1.72 bits per heavy atom. The van der Waals surface area contributed by atoms with Gasteiger partial charge in [0, 0.05) is 23.1 Å². The molecule has 0 saturated heterocycles. The molecule has 11 heteroatoms. The van der Waals surface area contributed by atoms with Gasteiger partial charge in [-0.3, -0.25) is 4.79 Å². The second-order valence-electron chi connectivity index (χ2n) is 5.61. The van der Waals surface area contributed by atoms with Crippen molar-refractivity contribution < 1.29 is 17.9 Å². The lowest BCUT2D eigenvalue weighted by atomic mass is 10.3. The zero-order valence-electron chi connectivity index (χ0n) is 14.7. The van der Waals surface area contributed by atoms with Gasteiger partial charge in [-0.15, -0.1) is 0 Å². The normalized spacial score (nSPS) is 11.0. The van der Waals surface area contributed by atoms with Gasteiger partial charge in [-0.2, -0.15) is 0 Å². The SMILES string of the molecule is O=C(COc1ccc(Cl)cc1Cl)Nc1ccc(S(=O)(=O)Nc2ncccn2)cc1. The summed E-state index contributed by atoms with van der Waals surface area (Å²) in [5.41, 5.74) is 0.399. The Kier molecular flexibility index (Phi) is 6.53. The molecule has 3 rings (SSSR count). The first-order valence-corrected chi connectivity index (χ1v) is 10.3. The van der Waals surface area contributed by atoms with Gasteiger partial charge in [0.05, 0.1) is 9.92 Å². The first-order chi connectivity index (χ1) is 13.8. The van der Waals surface area contributed by atoms with E-state index < -0.39 is 15.9 Å². The average molecular weight is 453 g/mol. The number of anilines is 2. The highest BCUT2D eigenvalue weighted by Gasteiger charge is 2.15. The molecule has 0 fully saturated rings. The minimum Gasteiger partial charge on any atom is -0.482 e. The number of carbonyl (C=O) groups is 1. The van der Waals surface area contributed by atoms with Gasteiger partial charge in [0.15, 0.2) is 6.61 Å². The Morgan fingerprint density at radius 3 is 2.38 bits per heavy atom. The molecule has 2 aromatic carbocycles. The summed E-state index contributed by atoms with van der Waals surface area (Å²) in [6.07, 6.45) is 2.84. The van der Waals surface area contributed by atoms with E-state index in [2.05, 4.69) is 20.0 Å². The summed E-state index contributed by atoms with van der Waals surface area (Å²) in [6, 6.07) is 11.8. The number of halogens is 2. The maximum Gasteiger partial charge on any atom is 0.264 e. The van der Waals surface area contributed by atoms with Gasteiger partial charge in [0.2, 0.25) is 5.95 Å². The number of carbonyl (C=O) groups excluding carboxylic acids is 1. The van der Waals surface area contributed by atoms with Crippen LogP contribution >= 0.6 is 23.2 Å². The number of benzene rings is 2. The van der Waals surface area contributed by atoms with Crippen LogP contribution in [0.1, 0.15) is 0 Å². The number of ether oxygens (including phenoxy) is 1. The largest absolute Gasteiger partial charge is 0.482 e.